The molecule has 7 N–H and O–H groups in total. The Morgan fingerprint density at radius 3 is 2.39 bits per heavy atom. The number of carbonyl (C=O) groups excluding carboxylic acids is 5. The third-order valence-electron chi connectivity index (χ3n) is 13.6. The number of pyridine rings is 2. The fraction of sp³-hybridized carbons (Fsp3) is 0.377. The van der Waals surface area contributed by atoms with Crippen molar-refractivity contribution in [2.24, 2.45) is 5.92 Å². The van der Waals surface area contributed by atoms with Gasteiger partial charge in [0, 0.05) is 45.2 Å². The predicted octanol–water partition coefficient (Wildman–Crippen LogP) is 5.56. The third kappa shape index (κ3) is 11.0. The zero-order chi connectivity index (χ0) is 53.9. The molecule has 5 aromatic rings. The highest BCUT2D eigenvalue weighted by molar-refractivity contribution is 7.65. The van der Waals surface area contributed by atoms with Crippen molar-refractivity contribution in [1.82, 2.24) is 25.5 Å². The molecule has 8 rings (SSSR count). The van der Waals surface area contributed by atoms with E-state index in [0.29, 0.717) is 68.8 Å². The second kappa shape index (κ2) is 22.2. The van der Waals surface area contributed by atoms with Crippen LogP contribution in [-0.2, 0) is 69.5 Å². The number of nitrogens with zero attached hydrogens (tertiary/aromatic N) is 2. The monoisotopic (exact) mass is 1050 g/mol. The first-order chi connectivity index (χ1) is 35.8. The Kier molecular flexibility index (Phi) is 15.9. The summed E-state index contributed by atoms with van der Waals surface area (Å²) in [6.07, 6.45) is 5.47. The molecule has 4 heterocycles. The van der Waals surface area contributed by atoms with Crippen molar-refractivity contribution in [3.63, 3.8) is 0 Å². The topological polar surface area (TPSA) is 275 Å². The molecule has 0 bridgehead atoms. The number of terminal acetylenes is 1. The van der Waals surface area contributed by atoms with Crippen LogP contribution in [0.4, 0.5) is 20.6 Å². The predicted molar refractivity (Wildman–Crippen MR) is 273 cm³/mol. The number of aromatic nitrogens is 2. The number of benzene rings is 3. The van der Waals surface area contributed by atoms with Crippen LogP contribution in [0.3, 0.4) is 0 Å². The molecule has 0 saturated heterocycles. The molecule has 4 unspecified atom stereocenters. The Balaban J connectivity index is 0.866. The maximum atomic E-state index is 15.4. The average Bonchev–Trinajstić information content (AvgIpc) is 3.76. The highest BCUT2D eigenvalue weighted by atomic mass is 31.2. The number of rotatable bonds is 19. The number of amides is 4. The Hall–Kier alpha value is -7.47. The van der Waals surface area contributed by atoms with Crippen LogP contribution in [-0.4, -0.2) is 88.1 Å². The second-order valence-electron chi connectivity index (χ2n) is 18.8. The third-order valence-corrected chi connectivity index (χ3v) is 15.0. The quantitative estimate of drug-likeness (QED) is 0.0226. The first kappa shape index (κ1) is 53.8. The highest BCUT2D eigenvalue weighted by Crippen LogP contribution is 2.47. The van der Waals surface area contributed by atoms with E-state index in [9.17, 15) is 38.4 Å². The number of anilines is 2. The van der Waals surface area contributed by atoms with Gasteiger partial charge < -0.3 is 59.9 Å². The van der Waals surface area contributed by atoms with Gasteiger partial charge in [0.05, 0.1) is 61.5 Å². The zero-order valence-corrected chi connectivity index (χ0v) is 42.7. The van der Waals surface area contributed by atoms with Crippen LogP contribution in [0.25, 0.3) is 22.3 Å². The minimum Gasteiger partial charge on any atom is -0.458 e. The number of hydrogen-bond acceptors (Lipinski definition) is 14. The van der Waals surface area contributed by atoms with Gasteiger partial charge in [-0.3, -0.25) is 23.7 Å². The molecule has 5 atom stereocenters. The fourth-order valence-electron chi connectivity index (χ4n) is 9.45. The maximum absolute atomic E-state index is 15.4. The summed E-state index contributed by atoms with van der Waals surface area (Å²) in [4.78, 5) is 85.1. The molecule has 0 saturated carbocycles. The molecule has 394 valence electrons. The van der Waals surface area contributed by atoms with Gasteiger partial charge in [0.15, 0.2) is 5.60 Å². The van der Waals surface area contributed by atoms with Crippen molar-refractivity contribution < 1.29 is 61.9 Å². The van der Waals surface area contributed by atoms with E-state index in [2.05, 4.69) is 32.0 Å². The molecule has 20 nitrogen and oxygen atoms in total. The number of aryl methyl sites for hydroxylation is 1. The van der Waals surface area contributed by atoms with Crippen molar-refractivity contribution in [3.8, 4) is 23.5 Å². The van der Waals surface area contributed by atoms with Crippen LogP contribution in [0.2, 0.25) is 0 Å². The van der Waals surface area contributed by atoms with Gasteiger partial charge in [0.25, 0.3) is 11.5 Å². The Morgan fingerprint density at radius 2 is 1.71 bits per heavy atom. The Labute approximate surface area is 430 Å². The summed E-state index contributed by atoms with van der Waals surface area (Å²) in [7, 11) is -3.74. The number of alkyl carbamates (subject to hydrolysis) is 1. The molecule has 2 aromatic heterocycles. The second-order valence-corrected chi connectivity index (χ2v) is 20.6. The lowest BCUT2D eigenvalue weighted by molar-refractivity contribution is -0.172. The Bertz CT molecular complexity index is 3250. The smallest absolute Gasteiger partial charge is 0.407 e. The van der Waals surface area contributed by atoms with Gasteiger partial charge in [-0.15, -0.1) is 6.42 Å². The van der Waals surface area contributed by atoms with Gasteiger partial charge in [0.1, 0.15) is 31.1 Å². The molecular formula is C53H57FN7O13P. The molecule has 0 fully saturated rings. The standard InChI is InChI=1S/C53H57FN7O13P/c1-7-53(69)38-23-42-46-36(25-61(42)50(66)37(38)27-72-51(53)67)44-40(18-17-35-29(5)39(54)24-41(57-46)43(35)44)58-52(68)73-26-31-9-13-33(14-10-31)56-47(63)30(6)55-49(65)45(28(3)4)59-48(64)32-11-15-34(16-12-32)60-75(70,8-2)74-22-21-71-20-19-62/h2,9-16,23-24,28,30,40,45,62,69H,7,17-22,25-27H2,1,3-6H3,(H,55,65)(H,56,63)(H,58,68)(H,59,64)(H,60,70)/t30?,40?,45-,53?,75?/m0/s1. The van der Waals surface area contributed by atoms with E-state index in [-0.39, 0.29) is 75.2 Å². The molecule has 3 aliphatic rings. The van der Waals surface area contributed by atoms with Gasteiger partial charge in [-0.25, -0.2) is 19.0 Å². The Morgan fingerprint density at radius 1 is 0.987 bits per heavy atom. The van der Waals surface area contributed by atoms with Gasteiger partial charge in [-0.1, -0.05) is 32.9 Å². The number of nitrogens with one attached hydrogen (secondary N) is 5. The summed E-state index contributed by atoms with van der Waals surface area (Å²) in [5, 5.41) is 34.6. The maximum Gasteiger partial charge on any atom is 0.407 e. The first-order valence-electron chi connectivity index (χ1n) is 24.3. The van der Waals surface area contributed by atoms with E-state index in [1.807, 2.05) is 0 Å². The van der Waals surface area contributed by atoms with Crippen molar-refractivity contribution in [3.05, 3.63) is 121 Å². The van der Waals surface area contributed by atoms with Crippen molar-refractivity contribution >= 4 is 59.6 Å². The SMILES string of the molecule is C#CP(=O)(Nc1ccc(C(=O)N[C@H](C(=O)NC(C)C(=O)Nc2ccc(COC(=O)NC3CCc4c(C)c(F)cc5nc6c(c3c45)Cn3c-6cc4c(c3=O)COC(=O)C4(O)CC)cc2)C(C)C)cc1)OCCOCCO. The number of fused-ring (bicyclic) bond motifs is 5. The number of carbonyl (C=O) groups is 5. The fourth-order valence-corrected chi connectivity index (χ4v) is 10.5. The number of cyclic esters (lactones) is 1. The van der Waals surface area contributed by atoms with E-state index in [4.69, 9.17) is 35.2 Å². The van der Waals surface area contributed by atoms with Gasteiger partial charge in [-0.05, 0) is 104 Å². The van der Waals surface area contributed by atoms with Crippen LogP contribution in [0.15, 0.2) is 65.5 Å². The van der Waals surface area contributed by atoms with Crippen LogP contribution in [0, 0.1) is 30.7 Å². The number of aliphatic hydroxyl groups is 2. The summed E-state index contributed by atoms with van der Waals surface area (Å²) < 4.78 is 51.1. The number of esters is 1. The normalized spacial score (nSPS) is 17.8. The molecule has 4 amide bonds. The largest absolute Gasteiger partial charge is 0.458 e. The van der Waals surface area contributed by atoms with Crippen LogP contribution >= 0.6 is 7.52 Å². The van der Waals surface area contributed by atoms with Gasteiger partial charge >= 0.3 is 19.6 Å². The molecular weight excluding hydrogens is 993 g/mol. The number of aliphatic hydroxyl groups excluding tert-OH is 1. The molecule has 3 aromatic carbocycles. The lowest BCUT2D eigenvalue weighted by Crippen LogP contribution is -2.53. The number of hydrogen-bond donors (Lipinski definition) is 7. The first-order valence-corrected chi connectivity index (χ1v) is 26.0. The van der Waals surface area contributed by atoms with E-state index >= 15 is 4.39 Å². The molecule has 2 aliphatic heterocycles. The van der Waals surface area contributed by atoms with Crippen LogP contribution in [0.5, 0.6) is 0 Å². The highest BCUT2D eigenvalue weighted by Gasteiger charge is 2.46. The molecule has 0 spiro atoms. The van der Waals surface area contributed by atoms with Crippen molar-refractivity contribution in [1.29, 1.82) is 0 Å². The van der Waals surface area contributed by atoms with Crippen LogP contribution < -0.4 is 31.9 Å². The van der Waals surface area contributed by atoms with Crippen molar-refractivity contribution in [2.75, 3.05) is 36.8 Å². The van der Waals surface area contributed by atoms with E-state index in [1.54, 1.807) is 58.0 Å². The molecule has 0 radical (unpaired) electrons. The van der Waals surface area contributed by atoms with Crippen molar-refractivity contribution in [2.45, 2.75) is 97.4 Å². The summed E-state index contributed by atoms with van der Waals surface area (Å²) >= 11 is 0. The minimum absolute atomic E-state index is 0.0361. The number of halogens is 1. The van der Waals surface area contributed by atoms with Crippen LogP contribution in [0.1, 0.15) is 95.9 Å². The molecule has 75 heavy (non-hydrogen) atoms. The van der Waals surface area contributed by atoms with Gasteiger partial charge in [-0.2, -0.15) is 0 Å². The number of ether oxygens (including phenoxy) is 3. The van der Waals surface area contributed by atoms with E-state index in [0.717, 1.165) is 5.56 Å². The average molecular weight is 1050 g/mol. The minimum atomic E-state index is -3.74. The summed E-state index contributed by atoms with van der Waals surface area (Å²) in [5.74, 6) is -3.40. The lowest BCUT2D eigenvalue weighted by atomic mass is 9.81. The summed E-state index contributed by atoms with van der Waals surface area (Å²) in [5.41, 5.74) is 4.95. The summed E-state index contributed by atoms with van der Waals surface area (Å²) in [6.45, 7) is 7.78. The summed E-state index contributed by atoms with van der Waals surface area (Å²) in [6, 6.07) is 12.6. The zero-order valence-electron chi connectivity index (χ0n) is 41.8. The van der Waals surface area contributed by atoms with E-state index in [1.165, 1.54) is 41.8 Å². The molecule has 1 aliphatic carbocycles. The van der Waals surface area contributed by atoms with E-state index < -0.39 is 72.4 Å². The lowest BCUT2D eigenvalue weighted by Gasteiger charge is -2.31. The molecule has 22 heteroatoms. The van der Waals surface area contributed by atoms with Gasteiger partial charge in [0.2, 0.25) is 11.8 Å².